The van der Waals surface area contributed by atoms with Gasteiger partial charge in [0.2, 0.25) is 0 Å². The van der Waals surface area contributed by atoms with Crippen molar-refractivity contribution in [2.75, 3.05) is 0 Å². The van der Waals surface area contributed by atoms with Gasteiger partial charge in [-0.05, 0) is 58.8 Å². The Kier molecular flexibility index (Phi) is 6.46. The van der Waals surface area contributed by atoms with Crippen molar-refractivity contribution in [2.45, 2.75) is 0 Å². The molecule has 0 saturated heterocycles. The van der Waals surface area contributed by atoms with Crippen molar-refractivity contribution in [1.82, 2.24) is 18.9 Å². The average molecular weight is 639 g/mol. The van der Waals surface area contributed by atoms with Crippen LogP contribution >= 0.6 is 0 Å². The predicted molar refractivity (Wildman–Crippen MR) is 207 cm³/mol. The SMILES string of the molecule is c1ccc(-c2cc(-c3ccc(-n4c5ccccc5n5c6ccccc6c(-c6ccc7ccccc7c6)c45)cc3)nc(-c3ccccc3)n2)cc1. The predicted octanol–water partition coefficient (Wildman–Crippen LogP) is 11.6. The molecule has 10 rings (SSSR count). The summed E-state index contributed by atoms with van der Waals surface area (Å²) in [6, 6.07) is 64.3. The second-order valence-electron chi connectivity index (χ2n) is 12.7. The number of benzene rings is 7. The molecule has 10 aromatic rings. The molecule has 7 aromatic carbocycles. The molecule has 0 atom stereocenters. The Labute approximate surface area is 289 Å². The highest BCUT2D eigenvalue weighted by Crippen LogP contribution is 2.41. The van der Waals surface area contributed by atoms with Gasteiger partial charge in [0.05, 0.1) is 27.9 Å². The fraction of sp³-hybridized carbons (Fsp3) is 0. The smallest absolute Gasteiger partial charge is 0.160 e. The van der Waals surface area contributed by atoms with Gasteiger partial charge in [0.1, 0.15) is 5.65 Å². The molecule has 0 amide bonds. The maximum Gasteiger partial charge on any atom is 0.160 e. The second-order valence-corrected chi connectivity index (χ2v) is 12.7. The van der Waals surface area contributed by atoms with E-state index >= 15 is 0 Å². The zero-order valence-corrected chi connectivity index (χ0v) is 27.1. The van der Waals surface area contributed by atoms with Gasteiger partial charge in [0, 0.05) is 33.3 Å². The first-order valence-electron chi connectivity index (χ1n) is 16.9. The molecule has 50 heavy (non-hydrogen) atoms. The second kappa shape index (κ2) is 11.4. The van der Waals surface area contributed by atoms with E-state index in [1.165, 1.54) is 38.3 Å². The number of rotatable bonds is 5. The molecule has 234 valence electrons. The summed E-state index contributed by atoms with van der Waals surface area (Å²) in [5.41, 5.74) is 13.1. The first kappa shape index (κ1) is 28.3. The molecule has 0 aliphatic rings. The maximum absolute atomic E-state index is 5.08. The molecule has 3 aromatic heterocycles. The largest absolute Gasteiger partial charge is 0.293 e. The summed E-state index contributed by atoms with van der Waals surface area (Å²) in [6.45, 7) is 0. The van der Waals surface area contributed by atoms with Crippen molar-refractivity contribution in [3.8, 4) is 50.7 Å². The Morgan fingerprint density at radius 2 is 0.940 bits per heavy atom. The van der Waals surface area contributed by atoms with E-state index in [0.29, 0.717) is 5.82 Å². The average Bonchev–Trinajstić information content (AvgIpc) is 3.71. The Bertz CT molecular complexity index is 2790. The molecular formula is C46H30N4. The summed E-state index contributed by atoms with van der Waals surface area (Å²) in [5, 5.41) is 3.70. The Morgan fingerprint density at radius 1 is 0.380 bits per heavy atom. The van der Waals surface area contributed by atoms with E-state index in [2.05, 4.69) is 155 Å². The Hall–Kier alpha value is -6.78. The maximum atomic E-state index is 5.08. The van der Waals surface area contributed by atoms with Gasteiger partial charge >= 0.3 is 0 Å². The van der Waals surface area contributed by atoms with Gasteiger partial charge in [0.25, 0.3) is 0 Å². The van der Waals surface area contributed by atoms with Gasteiger partial charge in [0.15, 0.2) is 5.82 Å². The normalized spacial score (nSPS) is 11.6. The number of hydrogen-bond acceptors (Lipinski definition) is 2. The minimum absolute atomic E-state index is 0.712. The standard InChI is InChI=1S/C46H30N4/c1-3-14-32(15-4-1)39-30-40(48-45(47-39)34-16-5-2-6-17-34)33-25-27-37(28-26-33)49-42-21-11-12-22-43(42)50-41-20-10-9-19-38(41)44(46(49)50)36-24-23-31-13-7-8-18-35(31)29-36/h1-30H. The minimum atomic E-state index is 0.712. The lowest BCUT2D eigenvalue weighted by Gasteiger charge is -2.12. The van der Waals surface area contributed by atoms with Crippen LogP contribution in [0, 0.1) is 0 Å². The molecule has 0 aliphatic carbocycles. The Balaban J connectivity index is 1.19. The molecule has 0 bridgehead atoms. The van der Waals surface area contributed by atoms with Crippen LogP contribution in [0.4, 0.5) is 0 Å². The van der Waals surface area contributed by atoms with Crippen LogP contribution in [0.1, 0.15) is 0 Å². The van der Waals surface area contributed by atoms with E-state index in [-0.39, 0.29) is 0 Å². The van der Waals surface area contributed by atoms with Gasteiger partial charge in [-0.15, -0.1) is 0 Å². The lowest BCUT2D eigenvalue weighted by Crippen LogP contribution is -1.97. The van der Waals surface area contributed by atoms with E-state index in [1.807, 2.05) is 36.4 Å². The van der Waals surface area contributed by atoms with Crippen LogP contribution in [-0.2, 0) is 0 Å². The number of hydrogen-bond donors (Lipinski definition) is 0. The van der Waals surface area contributed by atoms with Crippen molar-refractivity contribution in [1.29, 1.82) is 0 Å². The topological polar surface area (TPSA) is 35.1 Å². The molecule has 0 unspecified atom stereocenters. The van der Waals surface area contributed by atoms with E-state index in [0.717, 1.165) is 44.9 Å². The van der Waals surface area contributed by atoms with Gasteiger partial charge in [-0.3, -0.25) is 8.97 Å². The molecule has 0 fully saturated rings. The van der Waals surface area contributed by atoms with Crippen molar-refractivity contribution in [3.05, 3.63) is 182 Å². The van der Waals surface area contributed by atoms with Crippen molar-refractivity contribution >= 4 is 38.4 Å². The molecule has 0 saturated carbocycles. The molecule has 0 N–H and O–H groups in total. The van der Waals surface area contributed by atoms with E-state index in [9.17, 15) is 0 Å². The van der Waals surface area contributed by atoms with Gasteiger partial charge < -0.3 is 0 Å². The van der Waals surface area contributed by atoms with Crippen LogP contribution in [0.3, 0.4) is 0 Å². The van der Waals surface area contributed by atoms with Crippen LogP contribution in [0.25, 0.3) is 89.1 Å². The summed E-state index contributed by atoms with van der Waals surface area (Å²) in [7, 11) is 0. The quantitative estimate of drug-likeness (QED) is 0.188. The molecule has 0 radical (unpaired) electrons. The zero-order valence-electron chi connectivity index (χ0n) is 27.1. The highest BCUT2D eigenvalue weighted by molar-refractivity contribution is 6.10. The highest BCUT2D eigenvalue weighted by Gasteiger charge is 2.22. The lowest BCUT2D eigenvalue weighted by atomic mass is 10.00. The van der Waals surface area contributed by atoms with Crippen molar-refractivity contribution < 1.29 is 0 Å². The van der Waals surface area contributed by atoms with Crippen LogP contribution in [-0.4, -0.2) is 18.9 Å². The zero-order chi connectivity index (χ0) is 33.0. The van der Waals surface area contributed by atoms with Crippen LogP contribution < -0.4 is 0 Å². The first-order valence-corrected chi connectivity index (χ1v) is 16.9. The first-order chi connectivity index (χ1) is 24.8. The molecule has 3 heterocycles. The van der Waals surface area contributed by atoms with Crippen LogP contribution in [0.15, 0.2) is 182 Å². The summed E-state index contributed by atoms with van der Waals surface area (Å²) in [6.07, 6.45) is 0. The monoisotopic (exact) mass is 638 g/mol. The van der Waals surface area contributed by atoms with E-state index in [4.69, 9.17) is 9.97 Å². The minimum Gasteiger partial charge on any atom is -0.293 e. The van der Waals surface area contributed by atoms with Gasteiger partial charge in [-0.2, -0.15) is 0 Å². The number of fused-ring (bicyclic) bond motifs is 6. The molecular weight excluding hydrogens is 609 g/mol. The van der Waals surface area contributed by atoms with Crippen molar-refractivity contribution in [3.63, 3.8) is 0 Å². The number of imidazole rings is 1. The van der Waals surface area contributed by atoms with Gasteiger partial charge in [-0.1, -0.05) is 140 Å². The molecule has 0 aliphatic heterocycles. The number of aromatic nitrogens is 4. The summed E-state index contributed by atoms with van der Waals surface area (Å²) in [5.74, 6) is 0.712. The van der Waals surface area contributed by atoms with Crippen molar-refractivity contribution in [2.24, 2.45) is 0 Å². The van der Waals surface area contributed by atoms with E-state index in [1.54, 1.807) is 0 Å². The number of nitrogens with zero attached hydrogens (tertiary/aromatic N) is 4. The van der Waals surface area contributed by atoms with Gasteiger partial charge in [-0.25, -0.2) is 9.97 Å². The fourth-order valence-corrected chi connectivity index (χ4v) is 7.38. The molecule has 0 spiro atoms. The fourth-order valence-electron chi connectivity index (χ4n) is 7.38. The summed E-state index contributed by atoms with van der Waals surface area (Å²) < 4.78 is 4.83. The van der Waals surface area contributed by atoms with Crippen LogP contribution in [0.2, 0.25) is 0 Å². The van der Waals surface area contributed by atoms with Crippen LogP contribution in [0.5, 0.6) is 0 Å². The summed E-state index contributed by atoms with van der Waals surface area (Å²) in [4.78, 5) is 10.1. The molecule has 4 heteroatoms. The molecule has 4 nitrogen and oxygen atoms in total. The number of para-hydroxylation sites is 3. The lowest BCUT2D eigenvalue weighted by molar-refractivity contribution is 1.15. The third kappa shape index (κ3) is 4.54. The third-order valence-corrected chi connectivity index (χ3v) is 9.71. The summed E-state index contributed by atoms with van der Waals surface area (Å²) >= 11 is 0. The Morgan fingerprint density at radius 3 is 1.68 bits per heavy atom. The van der Waals surface area contributed by atoms with E-state index < -0.39 is 0 Å². The third-order valence-electron chi connectivity index (χ3n) is 9.71. The highest BCUT2D eigenvalue weighted by atomic mass is 15.1.